The first-order chi connectivity index (χ1) is 14.5. The average molecular weight is 407 g/mol. The van der Waals surface area contributed by atoms with Gasteiger partial charge in [0.25, 0.3) is 5.91 Å². The quantitative estimate of drug-likeness (QED) is 0.605. The number of fused-ring (bicyclic) bond motifs is 1. The molecule has 2 heterocycles. The van der Waals surface area contributed by atoms with Gasteiger partial charge in [0.2, 0.25) is 5.78 Å². The van der Waals surface area contributed by atoms with Crippen molar-refractivity contribution in [2.24, 2.45) is 0 Å². The number of rotatable bonds is 7. The largest absolute Gasteiger partial charge is 0.493 e. The molecule has 0 bridgehead atoms. The number of benzene rings is 2. The fraction of sp³-hybridized carbons (Fsp3) is 0.217. The topological polar surface area (TPSA) is 89.2 Å². The van der Waals surface area contributed by atoms with Crippen LogP contribution in [0.2, 0.25) is 0 Å². The van der Waals surface area contributed by atoms with Crippen LogP contribution in [0.4, 0.5) is 5.69 Å². The molecule has 154 valence electrons. The zero-order valence-corrected chi connectivity index (χ0v) is 16.6. The number of amides is 1. The third-order valence-electron chi connectivity index (χ3n) is 5.24. The lowest BCUT2D eigenvalue weighted by Gasteiger charge is -2.22. The van der Waals surface area contributed by atoms with E-state index in [1.54, 1.807) is 49.6 Å². The highest BCUT2D eigenvalue weighted by atomic mass is 16.5. The van der Waals surface area contributed by atoms with E-state index < -0.39 is 23.7 Å². The van der Waals surface area contributed by atoms with Crippen LogP contribution < -0.4 is 14.4 Å². The van der Waals surface area contributed by atoms with Gasteiger partial charge in [0, 0.05) is 5.56 Å². The van der Waals surface area contributed by atoms with Crippen molar-refractivity contribution in [3.8, 4) is 11.5 Å². The van der Waals surface area contributed by atoms with Gasteiger partial charge in [-0.15, -0.1) is 0 Å². The molecule has 0 spiro atoms. The van der Waals surface area contributed by atoms with Crippen molar-refractivity contribution in [1.82, 2.24) is 0 Å². The fourth-order valence-electron chi connectivity index (χ4n) is 3.75. The first kappa shape index (κ1) is 19.7. The Labute approximate surface area is 173 Å². The molecule has 0 saturated carbocycles. The average Bonchev–Trinajstić information content (AvgIpc) is 3.37. The van der Waals surface area contributed by atoms with Gasteiger partial charge in [0.15, 0.2) is 22.9 Å². The molecule has 1 amide bonds. The number of hydrogen-bond acceptors (Lipinski definition) is 6. The molecule has 1 aliphatic rings. The number of carbonyl (C=O) groups excluding carboxylic acids is 2. The molecular formula is C23H21NO6. The van der Waals surface area contributed by atoms with Crippen molar-refractivity contribution in [1.29, 1.82) is 0 Å². The molecule has 7 nitrogen and oxygen atoms in total. The molecule has 4 rings (SSSR count). The Hall–Kier alpha value is -3.58. The van der Waals surface area contributed by atoms with Gasteiger partial charge < -0.3 is 23.9 Å². The molecule has 7 heteroatoms. The van der Waals surface area contributed by atoms with Crippen LogP contribution in [0.1, 0.15) is 28.1 Å². The van der Waals surface area contributed by atoms with Crippen molar-refractivity contribution in [2.75, 3.05) is 19.1 Å². The maximum atomic E-state index is 13.3. The van der Waals surface area contributed by atoms with Gasteiger partial charge in [0.05, 0.1) is 39.1 Å². The van der Waals surface area contributed by atoms with Crippen molar-refractivity contribution < 1.29 is 28.6 Å². The number of hydrogen-bond donors (Lipinski definition) is 1. The number of para-hydroxylation sites is 1. The minimum Gasteiger partial charge on any atom is -0.493 e. The van der Waals surface area contributed by atoms with E-state index in [0.717, 1.165) is 5.56 Å². The van der Waals surface area contributed by atoms with Crippen molar-refractivity contribution in [3.63, 3.8) is 0 Å². The van der Waals surface area contributed by atoms with E-state index in [1.807, 2.05) is 6.07 Å². The second-order valence-electron chi connectivity index (χ2n) is 7.04. The number of Topliss-reactive ketones (excluding diaryl/α,β-unsaturated/α-hetero) is 1. The molecule has 3 aromatic rings. The molecule has 1 aromatic heterocycles. The van der Waals surface area contributed by atoms with E-state index in [1.165, 1.54) is 24.3 Å². The van der Waals surface area contributed by atoms with Gasteiger partial charge in [0.1, 0.15) is 0 Å². The smallest absolute Gasteiger partial charge is 0.264 e. The molecular weight excluding hydrogens is 386 g/mol. The maximum Gasteiger partial charge on any atom is 0.264 e. The first-order valence-corrected chi connectivity index (χ1v) is 9.39. The molecule has 0 unspecified atom stereocenters. The zero-order valence-electron chi connectivity index (χ0n) is 16.6. The SMILES string of the molecule is COc1ccc(CN2C(=O)[C@](O)(CC(=O)c3ccco3)c3ccccc32)cc1OC. The molecule has 0 aliphatic carbocycles. The molecule has 0 radical (unpaired) electrons. The highest BCUT2D eigenvalue weighted by Crippen LogP contribution is 2.43. The van der Waals surface area contributed by atoms with E-state index in [0.29, 0.717) is 22.7 Å². The van der Waals surface area contributed by atoms with E-state index in [2.05, 4.69) is 0 Å². The van der Waals surface area contributed by atoms with Gasteiger partial charge in [-0.3, -0.25) is 9.59 Å². The van der Waals surface area contributed by atoms with Crippen LogP contribution in [-0.2, 0) is 16.9 Å². The number of aliphatic hydroxyl groups is 1. The predicted octanol–water partition coefficient (Wildman–Crippen LogP) is 3.30. The monoisotopic (exact) mass is 407 g/mol. The highest BCUT2D eigenvalue weighted by Gasteiger charge is 2.51. The Morgan fingerprint density at radius 3 is 2.53 bits per heavy atom. The van der Waals surface area contributed by atoms with Crippen LogP contribution in [0.25, 0.3) is 0 Å². The van der Waals surface area contributed by atoms with Crippen LogP contribution in [0, 0.1) is 0 Å². The molecule has 0 saturated heterocycles. The predicted molar refractivity (Wildman–Crippen MR) is 109 cm³/mol. The third-order valence-corrected chi connectivity index (χ3v) is 5.24. The summed E-state index contributed by atoms with van der Waals surface area (Å²) in [5.41, 5.74) is -0.211. The Balaban J connectivity index is 1.67. The van der Waals surface area contributed by atoms with Gasteiger partial charge in [-0.05, 0) is 35.9 Å². The van der Waals surface area contributed by atoms with Crippen LogP contribution >= 0.6 is 0 Å². The summed E-state index contributed by atoms with van der Waals surface area (Å²) in [6.45, 7) is 0.202. The van der Waals surface area contributed by atoms with Crippen LogP contribution in [0.15, 0.2) is 65.3 Å². The maximum absolute atomic E-state index is 13.3. The minimum atomic E-state index is -1.96. The van der Waals surface area contributed by atoms with Gasteiger partial charge in [-0.1, -0.05) is 24.3 Å². The summed E-state index contributed by atoms with van der Waals surface area (Å²) in [7, 11) is 3.09. The standard InChI is InChI=1S/C23H21NO6/c1-28-20-10-9-15(12-21(20)29-2)14-24-17-7-4-3-6-16(17)23(27,22(24)26)13-18(25)19-8-5-11-30-19/h3-12,27H,13-14H2,1-2H3/t23-/m0/s1. The normalized spacial score (nSPS) is 17.7. The third kappa shape index (κ3) is 3.23. The second-order valence-corrected chi connectivity index (χ2v) is 7.04. The molecule has 1 atom stereocenters. The second kappa shape index (κ2) is 7.68. The number of ether oxygens (including phenoxy) is 2. The lowest BCUT2D eigenvalue weighted by Crippen LogP contribution is -2.41. The summed E-state index contributed by atoms with van der Waals surface area (Å²) in [5, 5.41) is 11.3. The molecule has 1 N–H and O–H groups in total. The summed E-state index contributed by atoms with van der Waals surface area (Å²) >= 11 is 0. The van der Waals surface area contributed by atoms with Crippen molar-refractivity contribution in [3.05, 3.63) is 77.7 Å². The molecule has 2 aromatic carbocycles. The lowest BCUT2D eigenvalue weighted by molar-refractivity contribution is -0.136. The van der Waals surface area contributed by atoms with Gasteiger partial charge >= 0.3 is 0 Å². The number of anilines is 1. The molecule has 1 aliphatic heterocycles. The lowest BCUT2D eigenvalue weighted by atomic mass is 9.89. The fourth-order valence-corrected chi connectivity index (χ4v) is 3.75. The van der Waals surface area contributed by atoms with Crippen LogP contribution in [0.5, 0.6) is 11.5 Å². The van der Waals surface area contributed by atoms with Crippen molar-refractivity contribution in [2.45, 2.75) is 18.6 Å². The zero-order chi connectivity index (χ0) is 21.3. The highest BCUT2D eigenvalue weighted by molar-refractivity contribution is 6.10. The molecule has 30 heavy (non-hydrogen) atoms. The van der Waals surface area contributed by atoms with E-state index in [9.17, 15) is 14.7 Å². The Kier molecular flexibility index (Phi) is 5.05. The number of carbonyl (C=O) groups is 2. The Bertz CT molecular complexity index is 1090. The summed E-state index contributed by atoms with van der Waals surface area (Å²) in [4.78, 5) is 27.4. The van der Waals surface area contributed by atoms with Crippen molar-refractivity contribution >= 4 is 17.4 Å². The minimum absolute atomic E-state index is 0.104. The van der Waals surface area contributed by atoms with Gasteiger partial charge in [-0.2, -0.15) is 0 Å². The van der Waals surface area contributed by atoms with E-state index in [-0.39, 0.29) is 12.3 Å². The summed E-state index contributed by atoms with van der Waals surface area (Å²) in [5.74, 6) is 0.220. The Morgan fingerprint density at radius 2 is 1.83 bits per heavy atom. The van der Waals surface area contributed by atoms with Crippen LogP contribution in [0.3, 0.4) is 0 Å². The summed E-state index contributed by atoms with van der Waals surface area (Å²) < 4.78 is 15.7. The number of ketones is 1. The van der Waals surface area contributed by atoms with E-state index in [4.69, 9.17) is 13.9 Å². The van der Waals surface area contributed by atoms with E-state index >= 15 is 0 Å². The van der Waals surface area contributed by atoms with Crippen LogP contribution in [-0.4, -0.2) is 31.0 Å². The number of furan rings is 1. The summed E-state index contributed by atoms with van der Waals surface area (Å²) in [6.07, 6.45) is 0.976. The van der Waals surface area contributed by atoms with Gasteiger partial charge in [-0.25, -0.2) is 0 Å². The molecule has 0 fully saturated rings. The summed E-state index contributed by atoms with van der Waals surface area (Å²) in [6, 6.07) is 15.4. The Morgan fingerprint density at radius 1 is 1.07 bits per heavy atom. The number of methoxy groups -OCH3 is 2. The number of nitrogens with zero attached hydrogens (tertiary/aromatic N) is 1. The first-order valence-electron chi connectivity index (χ1n) is 9.39.